The number of ether oxygens (including phenoxy) is 3. The topological polar surface area (TPSA) is 44.8 Å². The Hall–Kier alpha value is -1.53. The van der Waals surface area contributed by atoms with Gasteiger partial charge in [0.25, 0.3) is 0 Å². The van der Waals surface area contributed by atoms with Crippen LogP contribution in [0.2, 0.25) is 0 Å². The highest BCUT2D eigenvalue weighted by molar-refractivity contribution is 5.81. The number of hydrogen-bond donors (Lipinski definition) is 0. The van der Waals surface area contributed by atoms with Gasteiger partial charge >= 0.3 is 5.97 Å². The summed E-state index contributed by atoms with van der Waals surface area (Å²) in [5.74, 6) is -1.77. The minimum Gasteiger partial charge on any atom is -0.465 e. The normalized spacial score (nSPS) is 23.5. The highest BCUT2D eigenvalue weighted by Gasteiger charge is 2.59. The molecule has 1 aromatic carbocycles. The SMILES string of the molecule is CCOC(=O)C1(C(OC2CCCCO2)c2ccc(F)cc2F)CC1. The summed E-state index contributed by atoms with van der Waals surface area (Å²) in [5.41, 5.74) is -0.730. The van der Waals surface area contributed by atoms with Crippen molar-refractivity contribution in [3.05, 3.63) is 35.4 Å². The van der Waals surface area contributed by atoms with Crippen molar-refractivity contribution in [2.75, 3.05) is 13.2 Å². The van der Waals surface area contributed by atoms with Gasteiger partial charge in [-0.1, -0.05) is 6.07 Å². The van der Waals surface area contributed by atoms with E-state index >= 15 is 0 Å². The fourth-order valence-electron chi connectivity index (χ4n) is 3.17. The maximum absolute atomic E-state index is 14.3. The number of carbonyl (C=O) groups is 1. The molecule has 2 aliphatic rings. The number of benzene rings is 1. The summed E-state index contributed by atoms with van der Waals surface area (Å²) in [5, 5.41) is 0. The summed E-state index contributed by atoms with van der Waals surface area (Å²) >= 11 is 0. The summed E-state index contributed by atoms with van der Waals surface area (Å²) in [7, 11) is 0. The van der Waals surface area contributed by atoms with E-state index in [-0.39, 0.29) is 12.2 Å². The Labute approximate surface area is 140 Å². The van der Waals surface area contributed by atoms with Crippen LogP contribution in [0.15, 0.2) is 18.2 Å². The molecule has 0 bridgehead atoms. The first-order valence-electron chi connectivity index (χ1n) is 8.46. The number of esters is 1. The monoisotopic (exact) mass is 340 g/mol. The molecule has 0 spiro atoms. The largest absolute Gasteiger partial charge is 0.465 e. The van der Waals surface area contributed by atoms with Crippen LogP contribution in [0.3, 0.4) is 0 Å². The molecular weight excluding hydrogens is 318 g/mol. The standard InChI is InChI=1S/C18H22F2O4/c1-2-22-17(21)18(8-9-18)16(24-15-5-3-4-10-23-15)13-7-6-12(19)11-14(13)20/h6-7,11,15-16H,2-5,8-10H2,1H3. The van der Waals surface area contributed by atoms with Crippen LogP contribution < -0.4 is 0 Å². The second kappa shape index (κ2) is 7.15. The summed E-state index contributed by atoms with van der Waals surface area (Å²) in [4.78, 5) is 12.4. The van der Waals surface area contributed by atoms with Crippen LogP contribution in [0.25, 0.3) is 0 Å². The van der Waals surface area contributed by atoms with Crippen LogP contribution in [0, 0.1) is 17.0 Å². The molecule has 1 saturated heterocycles. The fraction of sp³-hybridized carbons (Fsp3) is 0.611. The van der Waals surface area contributed by atoms with Crippen LogP contribution in [0.5, 0.6) is 0 Å². The van der Waals surface area contributed by atoms with Crippen molar-refractivity contribution in [3.8, 4) is 0 Å². The number of halogens is 2. The van der Waals surface area contributed by atoms with Gasteiger partial charge in [0.1, 0.15) is 17.7 Å². The Morgan fingerprint density at radius 1 is 1.38 bits per heavy atom. The molecule has 1 aromatic rings. The molecular formula is C18H22F2O4. The lowest BCUT2D eigenvalue weighted by molar-refractivity contribution is -0.210. The van der Waals surface area contributed by atoms with Crippen LogP contribution in [-0.4, -0.2) is 25.5 Å². The first-order chi connectivity index (χ1) is 11.6. The van der Waals surface area contributed by atoms with Gasteiger partial charge in [-0.25, -0.2) is 8.78 Å². The Morgan fingerprint density at radius 2 is 2.17 bits per heavy atom. The molecule has 0 amide bonds. The lowest BCUT2D eigenvalue weighted by atomic mass is 9.92. The average Bonchev–Trinajstić information content (AvgIpc) is 3.36. The molecule has 3 rings (SSSR count). The zero-order valence-electron chi connectivity index (χ0n) is 13.7. The molecule has 1 heterocycles. The van der Waals surface area contributed by atoms with Gasteiger partial charge in [-0.15, -0.1) is 0 Å². The highest BCUT2D eigenvalue weighted by Crippen LogP contribution is 2.58. The molecule has 24 heavy (non-hydrogen) atoms. The van der Waals surface area contributed by atoms with Crippen LogP contribution in [-0.2, 0) is 19.0 Å². The quantitative estimate of drug-likeness (QED) is 0.737. The maximum atomic E-state index is 14.3. The van der Waals surface area contributed by atoms with E-state index in [9.17, 15) is 13.6 Å². The molecule has 0 aromatic heterocycles. The molecule has 1 aliphatic heterocycles. The van der Waals surface area contributed by atoms with Gasteiger partial charge in [0.05, 0.1) is 12.0 Å². The summed E-state index contributed by atoms with van der Waals surface area (Å²) in [6.45, 7) is 2.56. The fourth-order valence-corrected chi connectivity index (χ4v) is 3.17. The van der Waals surface area contributed by atoms with Gasteiger partial charge in [-0.05, 0) is 45.1 Å². The average molecular weight is 340 g/mol. The first kappa shape index (κ1) is 17.3. The van der Waals surface area contributed by atoms with Crippen molar-refractivity contribution in [1.82, 2.24) is 0 Å². The van der Waals surface area contributed by atoms with Gasteiger partial charge in [0.15, 0.2) is 6.29 Å². The van der Waals surface area contributed by atoms with E-state index in [1.54, 1.807) is 6.92 Å². The zero-order valence-corrected chi connectivity index (χ0v) is 13.7. The Morgan fingerprint density at radius 3 is 2.75 bits per heavy atom. The molecule has 0 N–H and O–H groups in total. The van der Waals surface area contributed by atoms with Gasteiger partial charge < -0.3 is 14.2 Å². The van der Waals surface area contributed by atoms with Gasteiger partial charge in [-0.2, -0.15) is 0 Å². The van der Waals surface area contributed by atoms with E-state index in [4.69, 9.17) is 14.2 Å². The van der Waals surface area contributed by atoms with Crippen molar-refractivity contribution < 1.29 is 27.8 Å². The highest BCUT2D eigenvalue weighted by atomic mass is 19.1. The van der Waals surface area contributed by atoms with Crippen molar-refractivity contribution >= 4 is 5.97 Å². The lowest BCUT2D eigenvalue weighted by Gasteiger charge is -2.32. The second-order valence-corrected chi connectivity index (χ2v) is 6.35. The van der Waals surface area contributed by atoms with E-state index in [0.29, 0.717) is 25.9 Å². The first-order valence-corrected chi connectivity index (χ1v) is 8.46. The summed E-state index contributed by atoms with van der Waals surface area (Å²) in [6, 6.07) is 3.34. The summed E-state index contributed by atoms with van der Waals surface area (Å²) in [6.07, 6.45) is 2.40. The minimum atomic E-state index is -0.907. The molecule has 4 nitrogen and oxygen atoms in total. The van der Waals surface area contributed by atoms with E-state index in [2.05, 4.69) is 0 Å². The van der Waals surface area contributed by atoms with Crippen LogP contribution >= 0.6 is 0 Å². The smallest absolute Gasteiger partial charge is 0.315 e. The summed E-state index contributed by atoms with van der Waals surface area (Å²) < 4.78 is 44.4. The molecule has 2 atom stereocenters. The predicted molar refractivity (Wildman–Crippen MR) is 82.1 cm³/mol. The third-order valence-electron chi connectivity index (χ3n) is 4.64. The maximum Gasteiger partial charge on any atom is 0.315 e. The van der Waals surface area contributed by atoms with E-state index in [1.165, 1.54) is 12.1 Å². The molecule has 2 fully saturated rings. The van der Waals surface area contributed by atoms with Gasteiger partial charge in [-0.3, -0.25) is 4.79 Å². The number of rotatable bonds is 6. The van der Waals surface area contributed by atoms with E-state index in [0.717, 1.165) is 18.9 Å². The molecule has 1 aliphatic carbocycles. The zero-order chi connectivity index (χ0) is 17.2. The Kier molecular flexibility index (Phi) is 5.15. The lowest BCUT2D eigenvalue weighted by Crippen LogP contribution is -2.33. The van der Waals surface area contributed by atoms with Crippen LogP contribution in [0.4, 0.5) is 8.78 Å². The molecule has 132 valence electrons. The molecule has 2 unspecified atom stereocenters. The van der Waals surface area contributed by atoms with Crippen molar-refractivity contribution in [1.29, 1.82) is 0 Å². The Bertz CT molecular complexity index is 595. The number of carbonyl (C=O) groups excluding carboxylic acids is 1. The third kappa shape index (κ3) is 3.44. The second-order valence-electron chi connectivity index (χ2n) is 6.35. The van der Waals surface area contributed by atoms with Crippen LogP contribution in [0.1, 0.15) is 50.7 Å². The Balaban J connectivity index is 1.90. The third-order valence-corrected chi connectivity index (χ3v) is 4.64. The minimum absolute atomic E-state index is 0.177. The molecule has 1 saturated carbocycles. The van der Waals surface area contributed by atoms with E-state index < -0.39 is 35.4 Å². The molecule has 6 heteroatoms. The predicted octanol–water partition coefficient (Wildman–Crippen LogP) is 3.89. The van der Waals surface area contributed by atoms with Crippen molar-refractivity contribution in [3.63, 3.8) is 0 Å². The van der Waals surface area contributed by atoms with E-state index in [1.807, 2.05) is 0 Å². The van der Waals surface area contributed by atoms with Crippen molar-refractivity contribution in [2.24, 2.45) is 5.41 Å². The molecule has 0 radical (unpaired) electrons. The van der Waals surface area contributed by atoms with Crippen molar-refractivity contribution in [2.45, 2.75) is 51.4 Å². The number of hydrogen-bond acceptors (Lipinski definition) is 4. The van der Waals surface area contributed by atoms with Gasteiger partial charge in [0, 0.05) is 18.2 Å². The van der Waals surface area contributed by atoms with Gasteiger partial charge in [0.2, 0.25) is 0 Å².